The smallest absolute Gasteiger partial charge is 0.187 e. The van der Waals surface area contributed by atoms with Gasteiger partial charge in [-0.15, -0.1) is 0 Å². The normalized spacial score (nSPS) is 41.1. The first kappa shape index (κ1) is 13.8. The number of rotatable bonds is 2. The highest BCUT2D eigenvalue weighted by Crippen LogP contribution is 2.25. The van der Waals surface area contributed by atoms with E-state index in [1.807, 2.05) is 0 Å². The molecule has 5 atom stereocenters. The van der Waals surface area contributed by atoms with Crippen LogP contribution in [0.2, 0.25) is 0 Å². The molecule has 0 amide bonds. The summed E-state index contributed by atoms with van der Waals surface area (Å²) < 4.78 is 10.6. The Morgan fingerprint density at radius 1 is 1.06 bits per heavy atom. The summed E-state index contributed by atoms with van der Waals surface area (Å²) in [6.45, 7) is 4.87. The van der Waals surface area contributed by atoms with Crippen molar-refractivity contribution in [3.05, 3.63) is 0 Å². The summed E-state index contributed by atoms with van der Waals surface area (Å²) in [5.41, 5.74) is -0.562. The Kier molecular flexibility index (Phi) is 4.28. The third-order valence-electron chi connectivity index (χ3n) is 2.32. The molecule has 6 nitrogen and oxygen atoms in total. The van der Waals surface area contributed by atoms with E-state index in [4.69, 9.17) is 14.6 Å². The van der Waals surface area contributed by atoms with Crippen molar-refractivity contribution in [3.8, 4) is 0 Å². The van der Waals surface area contributed by atoms with E-state index in [2.05, 4.69) is 0 Å². The lowest BCUT2D eigenvalue weighted by Gasteiger charge is -2.41. The fourth-order valence-corrected chi connectivity index (χ4v) is 1.51. The molecule has 1 saturated heterocycles. The molecule has 0 aromatic rings. The molecular formula is C10H20O6. The van der Waals surface area contributed by atoms with Gasteiger partial charge in [0.05, 0.1) is 12.2 Å². The highest BCUT2D eigenvalue weighted by atomic mass is 16.7. The average molecular weight is 236 g/mol. The maximum absolute atomic E-state index is 9.64. The minimum atomic E-state index is -1.39. The van der Waals surface area contributed by atoms with Crippen LogP contribution in [0.4, 0.5) is 0 Å². The van der Waals surface area contributed by atoms with Crippen LogP contribution in [0.5, 0.6) is 0 Å². The van der Waals surface area contributed by atoms with Crippen molar-refractivity contribution < 1.29 is 29.9 Å². The Morgan fingerprint density at radius 3 is 2.06 bits per heavy atom. The Balaban J connectivity index is 2.71. The van der Waals surface area contributed by atoms with Crippen LogP contribution in [0.3, 0.4) is 0 Å². The molecule has 0 saturated carbocycles. The summed E-state index contributed by atoms with van der Waals surface area (Å²) in [4.78, 5) is 0. The number of ether oxygens (including phenoxy) is 2. The Hall–Kier alpha value is -0.240. The second-order valence-corrected chi connectivity index (χ2v) is 4.93. The van der Waals surface area contributed by atoms with Crippen LogP contribution in [-0.2, 0) is 9.47 Å². The summed E-state index contributed by atoms with van der Waals surface area (Å²) in [5, 5.41) is 37.6. The monoisotopic (exact) mass is 236 g/mol. The lowest BCUT2D eigenvalue weighted by molar-refractivity contribution is -0.320. The van der Waals surface area contributed by atoms with Crippen LogP contribution >= 0.6 is 0 Å². The molecule has 1 heterocycles. The van der Waals surface area contributed by atoms with Gasteiger partial charge in [-0.2, -0.15) is 0 Å². The zero-order chi connectivity index (χ0) is 12.5. The molecule has 1 fully saturated rings. The van der Waals surface area contributed by atoms with E-state index in [0.29, 0.717) is 0 Å². The number of aliphatic hydroxyl groups excluding tert-OH is 4. The molecule has 0 aromatic heterocycles. The zero-order valence-electron chi connectivity index (χ0n) is 9.70. The van der Waals surface area contributed by atoms with Crippen LogP contribution in [0.1, 0.15) is 20.8 Å². The van der Waals surface area contributed by atoms with Gasteiger partial charge in [0.1, 0.15) is 24.4 Å². The van der Waals surface area contributed by atoms with Gasteiger partial charge in [-0.25, -0.2) is 0 Å². The van der Waals surface area contributed by atoms with Gasteiger partial charge in [0.2, 0.25) is 0 Å². The van der Waals surface area contributed by atoms with E-state index in [-0.39, 0.29) is 0 Å². The van der Waals surface area contributed by atoms with Gasteiger partial charge >= 0.3 is 0 Å². The van der Waals surface area contributed by atoms with Crippen LogP contribution in [0.25, 0.3) is 0 Å². The molecule has 0 aromatic carbocycles. The van der Waals surface area contributed by atoms with E-state index in [1.165, 1.54) is 0 Å². The van der Waals surface area contributed by atoms with Crippen molar-refractivity contribution in [2.24, 2.45) is 0 Å². The average Bonchev–Trinajstić information content (AvgIpc) is 2.17. The highest BCUT2D eigenvalue weighted by molar-refractivity contribution is 4.89. The molecule has 6 heteroatoms. The lowest BCUT2D eigenvalue weighted by Crippen LogP contribution is -2.60. The van der Waals surface area contributed by atoms with E-state index >= 15 is 0 Å². The van der Waals surface area contributed by atoms with Crippen molar-refractivity contribution in [2.75, 3.05) is 6.61 Å². The predicted octanol–water partition coefficient (Wildman–Crippen LogP) is -1.40. The van der Waals surface area contributed by atoms with Crippen molar-refractivity contribution in [2.45, 2.75) is 57.1 Å². The van der Waals surface area contributed by atoms with Crippen molar-refractivity contribution in [1.82, 2.24) is 0 Å². The zero-order valence-corrected chi connectivity index (χ0v) is 9.70. The van der Waals surface area contributed by atoms with E-state index < -0.39 is 42.9 Å². The quantitative estimate of drug-likeness (QED) is 0.471. The van der Waals surface area contributed by atoms with Gasteiger partial charge in [0.15, 0.2) is 6.29 Å². The predicted molar refractivity (Wildman–Crippen MR) is 54.6 cm³/mol. The van der Waals surface area contributed by atoms with Gasteiger partial charge < -0.3 is 29.9 Å². The highest BCUT2D eigenvalue weighted by Gasteiger charge is 2.45. The van der Waals surface area contributed by atoms with Gasteiger partial charge in [-0.05, 0) is 20.8 Å². The molecule has 2 unspecified atom stereocenters. The molecule has 0 aliphatic carbocycles. The van der Waals surface area contributed by atoms with Crippen LogP contribution in [0, 0.1) is 0 Å². The standard InChI is InChI=1S/C10H20O6/c1-10(2,3)16-9-8(14)7(13)6(12)5(4-11)15-9/h5-9,11-14H,4H2,1-3H3/t5?,6-,7+,8?,9+/m1/s1. The first-order valence-corrected chi connectivity index (χ1v) is 5.24. The fraction of sp³-hybridized carbons (Fsp3) is 1.00. The summed E-state index contributed by atoms with van der Waals surface area (Å²) in [7, 11) is 0. The minimum Gasteiger partial charge on any atom is -0.394 e. The number of hydrogen-bond donors (Lipinski definition) is 4. The van der Waals surface area contributed by atoms with Gasteiger partial charge in [0.25, 0.3) is 0 Å². The van der Waals surface area contributed by atoms with Gasteiger partial charge in [0, 0.05) is 0 Å². The summed E-state index contributed by atoms with van der Waals surface area (Å²) in [5.74, 6) is 0. The first-order valence-electron chi connectivity index (χ1n) is 5.24. The molecule has 16 heavy (non-hydrogen) atoms. The van der Waals surface area contributed by atoms with Crippen LogP contribution in [0.15, 0.2) is 0 Å². The maximum Gasteiger partial charge on any atom is 0.187 e. The molecule has 4 N–H and O–H groups in total. The Morgan fingerprint density at radius 2 is 1.62 bits per heavy atom. The Bertz CT molecular complexity index is 224. The summed E-state index contributed by atoms with van der Waals surface area (Å²) in [6, 6.07) is 0. The second-order valence-electron chi connectivity index (χ2n) is 4.93. The van der Waals surface area contributed by atoms with E-state index in [9.17, 15) is 15.3 Å². The topological polar surface area (TPSA) is 99.4 Å². The van der Waals surface area contributed by atoms with E-state index in [0.717, 1.165) is 0 Å². The SMILES string of the molecule is CC(C)(C)O[C@@H]1OC(CO)[C@@H](O)[C@H](O)C1O. The molecular weight excluding hydrogens is 216 g/mol. The largest absolute Gasteiger partial charge is 0.394 e. The van der Waals surface area contributed by atoms with Crippen LogP contribution in [-0.4, -0.2) is 63.3 Å². The van der Waals surface area contributed by atoms with Gasteiger partial charge in [-0.1, -0.05) is 0 Å². The minimum absolute atomic E-state index is 0.449. The number of hydrogen-bond acceptors (Lipinski definition) is 6. The lowest BCUT2D eigenvalue weighted by atomic mass is 9.99. The molecule has 1 aliphatic heterocycles. The van der Waals surface area contributed by atoms with Crippen molar-refractivity contribution in [3.63, 3.8) is 0 Å². The fourth-order valence-electron chi connectivity index (χ4n) is 1.51. The third kappa shape index (κ3) is 3.13. The maximum atomic E-state index is 9.64. The number of aliphatic hydroxyl groups is 4. The molecule has 0 spiro atoms. The van der Waals surface area contributed by atoms with E-state index in [1.54, 1.807) is 20.8 Å². The molecule has 1 aliphatic rings. The van der Waals surface area contributed by atoms with Crippen molar-refractivity contribution >= 4 is 0 Å². The van der Waals surface area contributed by atoms with Crippen molar-refractivity contribution in [1.29, 1.82) is 0 Å². The molecule has 0 bridgehead atoms. The Labute approximate surface area is 94.4 Å². The molecule has 1 rings (SSSR count). The first-order chi connectivity index (χ1) is 7.26. The summed E-state index contributed by atoms with van der Waals surface area (Å²) in [6.07, 6.45) is -6.06. The third-order valence-corrected chi connectivity index (χ3v) is 2.32. The molecule has 96 valence electrons. The van der Waals surface area contributed by atoms with Crippen LogP contribution < -0.4 is 0 Å². The van der Waals surface area contributed by atoms with Gasteiger partial charge in [-0.3, -0.25) is 0 Å². The molecule has 0 radical (unpaired) electrons. The second kappa shape index (κ2) is 4.95. The summed E-state index contributed by atoms with van der Waals surface area (Å²) >= 11 is 0.